The summed E-state index contributed by atoms with van der Waals surface area (Å²) in [6.07, 6.45) is 15.5. The lowest BCUT2D eigenvalue weighted by molar-refractivity contribution is -0.272. The fourth-order valence-corrected chi connectivity index (χ4v) is 25.8. The molecule has 6 aliphatic heterocycles. The number of fused-ring (bicyclic) bond motifs is 3. The summed E-state index contributed by atoms with van der Waals surface area (Å²) in [5, 5.41) is 105. The molecule has 2 saturated heterocycles. The number of phenolic OH excluding ortho intramolecular Hbond substituents is 1. The van der Waals surface area contributed by atoms with Gasteiger partial charge in [0.1, 0.15) is 28.7 Å². The first-order valence-corrected chi connectivity index (χ1v) is 33.4. The molecule has 8 aliphatic carbocycles. The number of epoxide rings is 1. The van der Waals surface area contributed by atoms with E-state index in [9.17, 15) is 35.7 Å². The third kappa shape index (κ3) is 6.73. The number of imidazole rings is 1. The molecule has 14 aliphatic rings. The maximum Gasteiger partial charge on any atom is 0.234 e. The summed E-state index contributed by atoms with van der Waals surface area (Å²) in [5.74, 6) is -0.538. The van der Waals surface area contributed by atoms with Gasteiger partial charge in [0.2, 0.25) is 5.91 Å². The summed E-state index contributed by atoms with van der Waals surface area (Å²) in [6, 6.07) is 5.43. The Hall–Kier alpha value is -2.77. The van der Waals surface area contributed by atoms with Gasteiger partial charge in [-0.1, -0.05) is 74.3 Å². The molecule has 0 unspecified atom stereocenters. The highest BCUT2D eigenvalue weighted by Crippen LogP contribution is 2.83. The number of amides is 1. The van der Waals surface area contributed by atoms with Gasteiger partial charge in [-0.15, -0.1) is 0 Å². The lowest BCUT2D eigenvalue weighted by Gasteiger charge is -2.74. The van der Waals surface area contributed by atoms with Crippen molar-refractivity contribution >= 4 is 39.0 Å². The van der Waals surface area contributed by atoms with E-state index in [0.717, 1.165) is 30.7 Å². The number of hydrogen-bond donors (Lipinski definition) is 8. The second kappa shape index (κ2) is 18.6. The number of benzene rings is 1. The van der Waals surface area contributed by atoms with Crippen molar-refractivity contribution in [2.75, 3.05) is 23.8 Å². The van der Waals surface area contributed by atoms with Crippen molar-refractivity contribution in [3.05, 3.63) is 65.8 Å². The Morgan fingerprint density at radius 3 is 2.49 bits per heavy atom. The number of ketones is 1. The lowest BCUT2D eigenvalue weighted by Crippen LogP contribution is -2.76. The highest BCUT2D eigenvalue weighted by molar-refractivity contribution is 8.76. The molecule has 2 aromatic rings. The minimum Gasteiger partial charge on any atom is -0.508 e. The summed E-state index contributed by atoms with van der Waals surface area (Å²) < 4.78 is 8.98. The van der Waals surface area contributed by atoms with Gasteiger partial charge in [-0.05, 0) is 178 Å². The summed E-state index contributed by atoms with van der Waals surface area (Å²) in [4.78, 5) is 39.6. The normalized spacial score (nSPS) is 49.7. The molecule has 16 heteroatoms. The van der Waals surface area contributed by atoms with Crippen molar-refractivity contribution in [1.82, 2.24) is 9.55 Å². The number of aryl methyl sites for hydroxylation is 2. The fraction of sp³-hybridized carbons (Fsp3) is 0.766. The Kier molecular flexibility index (Phi) is 12.8. The molecule has 21 atom stereocenters. The molecule has 6 saturated carbocycles. The van der Waals surface area contributed by atoms with Gasteiger partial charge in [-0.25, -0.2) is 4.98 Å². The number of aromatic hydroxyl groups is 1. The van der Waals surface area contributed by atoms with Crippen LogP contribution in [0.4, 0.5) is 5.69 Å². The molecule has 8 fully saturated rings. The first-order valence-electron chi connectivity index (χ1n) is 31.0. The molecular formula is C64H87N3O11S2. The lowest BCUT2D eigenvalue weighted by atomic mass is 9.31. The van der Waals surface area contributed by atoms with E-state index in [0.29, 0.717) is 119 Å². The molecule has 6 spiro atoms. The number of anilines is 1. The maximum atomic E-state index is 16.6. The minimum atomic E-state index is -1.70. The molecule has 1 aromatic heterocycles. The number of nitrogens with zero attached hydrogens (tertiary/aromatic N) is 3. The zero-order chi connectivity index (χ0) is 56.0. The van der Waals surface area contributed by atoms with Crippen LogP contribution in [-0.4, -0.2) is 128 Å². The average Bonchev–Trinajstić information content (AvgIpc) is 3.26. The monoisotopic (exact) mass is 1140 g/mol. The van der Waals surface area contributed by atoms with Gasteiger partial charge < -0.3 is 55.1 Å². The van der Waals surface area contributed by atoms with Gasteiger partial charge in [0, 0.05) is 78.2 Å². The topological polar surface area (TPSA) is 230 Å². The van der Waals surface area contributed by atoms with E-state index in [1.807, 2.05) is 18.5 Å². The van der Waals surface area contributed by atoms with Crippen LogP contribution in [0.3, 0.4) is 0 Å². The minimum absolute atomic E-state index is 0.00888. The second-order valence-corrected chi connectivity index (χ2v) is 31.4. The third-order valence-electron chi connectivity index (χ3n) is 26.4. The predicted octanol–water partition coefficient (Wildman–Crippen LogP) is 7.84. The zero-order valence-corrected chi connectivity index (χ0v) is 49.0. The van der Waals surface area contributed by atoms with Crippen molar-refractivity contribution < 1.29 is 55.2 Å². The molecule has 16 rings (SSSR count). The zero-order valence-electron chi connectivity index (χ0n) is 47.3. The van der Waals surface area contributed by atoms with Crippen molar-refractivity contribution in [2.45, 2.75) is 203 Å². The number of hydrogen-bond acceptors (Lipinski definition) is 14. The van der Waals surface area contributed by atoms with Crippen molar-refractivity contribution in [2.24, 2.45) is 79.3 Å². The molecule has 0 radical (unpaired) electrons. The first kappa shape index (κ1) is 55.1. The van der Waals surface area contributed by atoms with E-state index in [1.165, 1.54) is 21.6 Å². The van der Waals surface area contributed by atoms with Crippen LogP contribution in [0.5, 0.6) is 5.75 Å². The molecule has 14 nitrogen and oxygen atoms in total. The standard InChI is InChI=1S/C64H87N3O11S2/c1-36(2)37(3)51-53(78-51)61(76)19-8-17-57-16-7-12-50-65-23-24-66(50)32-39-13-20-58(29-39)52(73)46(70)31-60-49(72)28-44(45(30-57)56(58,60)4)63(77)22-15-47(61)62(57,63)21-14-38-25-42(27-43(69)26-38)67-35-59(18-6-11-48(59)71)64(54(67)74)40(33-68)9-5-10-41(64)34-79-80-55(60)75/h8,17,23-28,36-37,39-41,45-48,51-53,55,68-71,73,75-77H,5-7,9-16,18-22,29-35H2,1-4H3/t37-,39+,40+,41+,45+,46-,47-,48+,51+,52-,53-,55-,56+,57-,58+,59-,60+,61-,62+,63-,64-/m1/s1. The third-order valence-corrected chi connectivity index (χ3v) is 29.1. The molecule has 12 bridgehead atoms. The Balaban J connectivity index is 1.03. The first-order chi connectivity index (χ1) is 38.2. The maximum absolute atomic E-state index is 16.6. The highest BCUT2D eigenvalue weighted by Gasteiger charge is 2.84. The van der Waals surface area contributed by atoms with Crippen molar-refractivity contribution in [3.8, 4) is 5.75 Å². The number of carbonyl (C=O) groups excluding carboxylic acids is 2. The van der Waals surface area contributed by atoms with Gasteiger partial charge in [0.05, 0.1) is 40.8 Å². The Bertz CT molecular complexity index is 2920. The number of allylic oxidation sites excluding steroid dienone is 2. The number of rotatable bonds is 4. The molecule has 436 valence electrons. The smallest absolute Gasteiger partial charge is 0.234 e. The molecule has 80 heavy (non-hydrogen) atoms. The number of aromatic nitrogens is 2. The Labute approximate surface area is 479 Å². The second-order valence-electron chi connectivity index (χ2n) is 28.9. The molecule has 7 heterocycles. The highest BCUT2D eigenvalue weighted by atomic mass is 33.1. The van der Waals surface area contributed by atoms with E-state index in [4.69, 9.17) is 9.72 Å². The van der Waals surface area contributed by atoms with Gasteiger partial charge in [0.15, 0.2) is 5.78 Å². The quantitative estimate of drug-likeness (QED) is 0.0829. The SMILES string of the molecule is CC(C)[C@@H](C)[C@@H]1O[C@H]1[C@@]1(O)CC=C[C@]23CCCc4nccn4C[C@H]4CC[C@]5(C4)[C@H](O)[C@H](O)C[C@@]46C(=O)C=C([C@H](C2)[C@@]54C)[C@]2(O)CC[C@H]1[C@@]32CCc1cc(O)cc(c1)N1C[C@@]2(CCC[C@@H]2O)[C@]2(C1=O)[C@H](CO)CCC[C@H]2CSS[C@H]6O. The van der Waals surface area contributed by atoms with Crippen LogP contribution >= 0.6 is 21.6 Å². The van der Waals surface area contributed by atoms with Crippen molar-refractivity contribution in [1.29, 1.82) is 0 Å². The number of phenols is 1. The Morgan fingerprint density at radius 1 is 0.887 bits per heavy atom. The van der Waals surface area contributed by atoms with Gasteiger partial charge >= 0.3 is 0 Å². The van der Waals surface area contributed by atoms with Crippen LogP contribution in [0.15, 0.2) is 54.4 Å². The number of carbonyl (C=O) groups is 2. The van der Waals surface area contributed by atoms with Crippen LogP contribution in [0.1, 0.15) is 148 Å². The largest absolute Gasteiger partial charge is 0.508 e. The Morgan fingerprint density at radius 2 is 1.71 bits per heavy atom. The predicted molar refractivity (Wildman–Crippen MR) is 305 cm³/mol. The van der Waals surface area contributed by atoms with E-state index in [2.05, 4.69) is 44.4 Å². The molecule has 1 aromatic carbocycles. The van der Waals surface area contributed by atoms with Crippen LogP contribution in [0.2, 0.25) is 0 Å². The molecular weight excluding hydrogens is 1050 g/mol. The van der Waals surface area contributed by atoms with E-state index < -0.39 is 96.7 Å². The van der Waals surface area contributed by atoms with Crippen LogP contribution < -0.4 is 4.90 Å². The van der Waals surface area contributed by atoms with Crippen LogP contribution in [0.25, 0.3) is 0 Å². The van der Waals surface area contributed by atoms with Crippen LogP contribution in [-0.2, 0) is 33.7 Å². The van der Waals surface area contributed by atoms with E-state index in [1.54, 1.807) is 23.1 Å². The fourth-order valence-electron chi connectivity index (χ4n) is 22.7. The summed E-state index contributed by atoms with van der Waals surface area (Å²) in [6.45, 7) is 9.35. The van der Waals surface area contributed by atoms with Gasteiger partial charge in [-0.3, -0.25) is 9.59 Å². The number of aliphatic hydroxyl groups is 7. The van der Waals surface area contributed by atoms with Crippen LogP contribution in [0, 0.1) is 79.3 Å². The summed E-state index contributed by atoms with van der Waals surface area (Å²) in [5.41, 5.74) is -10.7. The number of aliphatic hydroxyl groups excluding tert-OH is 5. The van der Waals surface area contributed by atoms with E-state index >= 15 is 14.7 Å². The number of ether oxygens (including phenoxy) is 1. The van der Waals surface area contributed by atoms with Gasteiger partial charge in [-0.2, -0.15) is 0 Å². The van der Waals surface area contributed by atoms with E-state index in [-0.39, 0.29) is 67.3 Å². The van der Waals surface area contributed by atoms with Crippen molar-refractivity contribution in [3.63, 3.8) is 0 Å². The molecule has 1 amide bonds. The van der Waals surface area contributed by atoms with Gasteiger partial charge in [0.25, 0.3) is 0 Å². The summed E-state index contributed by atoms with van der Waals surface area (Å²) >= 11 is 0. The summed E-state index contributed by atoms with van der Waals surface area (Å²) in [7, 11) is 2.65. The average molecular weight is 1140 g/mol. The molecule has 8 N–H and O–H groups in total.